The molecule has 2 nitrogen and oxygen atoms in total. The summed E-state index contributed by atoms with van der Waals surface area (Å²) in [5, 5.41) is 0. The van der Waals surface area contributed by atoms with E-state index in [0.717, 1.165) is 5.75 Å². The summed E-state index contributed by atoms with van der Waals surface area (Å²) in [7, 11) is 0. The lowest BCUT2D eigenvalue weighted by molar-refractivity contribution is 0.301. The standard InChI is InChI=1S/C11H15NO/c1-8(2)9-5-11(7-12-6-9)13-10-3-4-10/h5-8,10H,3-4H2,1-2H3. The molecule has 1 aromatic rings. The summed E-state index contributed by atoms with van der Waals surface area (Å²) in [6.45, 7) is 4.33. The van der Waals surface area contributed by atoms with Gasteiger partial charge in [-0.1, -0.05) is 13.8 Å². The Morgan fingerprint density at radius 1 is 1.38 bits per heavy atom. The van der Waals surface area contributed by atoms with Crippen molar-refractivity contribution in [3.05, 3.63) is 24.0 Å². The van der Waals surface area contributed by atoms with Gasteiger partial charge < -0.3 is 4.74 Å². The molecule has 1 heterocycles. The van der Waals surface area contributed by atoms with Crippen molar-refractivity contribution >= 4 is 0 Å². The van der Waals surface area contributed by atoms with E-state index in [9.17, 15) is 0 Å². The van der Waals surface area contributed by atoms with Crippen LogP contribution in [0, 0.1) is 0 Å². The van der Waals surface area contributed by atoms with E-state index in [4.69, 9.17) is 4.74 Å². The van der Waals surface area contributed by atoms with Crippen molar-refractivity contribution in [2.24, 2.45) is 0 Å². The summed E-state index contributed by atoms with van der Waals surface area (Å²) in [5.74, 6) is 1.45. The molecule has 0 unspecified atom stereocenters. The van der Waals surface area contributed by atoms with Gasteiger partial charge in [-0.25, -0.2) is 0 Å². The van der Waals surface area contributed by atoms with Crippen LogP contribution in [0.4, 0.5) is 0 Å². The van der Waals surface area contributed by atoms with E-state index in [1.165, 1.54) is 18.4 Å². The molecule has 0 radical (unpaired) electrons. The van der Waals surface area contributed by atoms with Gasteiger partial charge in [0.2, 0.25) is 0 Å². The van der Waals surface area contributed by atoms with Crippen LogP contribution in [0.25, 0.3) is 0 Å². The molecular weight excluding hydrogens is 162 g/mol. The lowest BCUT2D eigenvalue weighted by Gasteiger charge is -2.07. The summed E-state index contributed by atoms with van der Waals surface area (Å²) < 4.78 is 5.65. The minimum Gasteiger partial charge on any atom is -0.489 e. The van der Waals surface area contributed by atoms with Crippen molar-refractivity contribution in [1.29, 1.82) is 0 Å². The Bertz CT molecular complexity index is 292. The molecule has 13 heavy (non-hydrogen) atoms. The molecule has 2 heteroatoms. The first-order chi connectivity index (χ1) is 6.25. The fourth-order valence-electron chi connectivity index (χ4n) is 1.19. The van der Waals surface area contributed by atoms with E-state index in [2.05, 4.69) is 24.9 Å². The minimum atomic E-state index is 0.462. The van der Waals surface area contributed by atoms with Gasteiger partial charge in [-0.05, 0) is 30.4 Å². The Hall–Kier alpha value is -1.05. The number of nitrogens with zero attached hydrogens (tertiary/aromatic N) is 1. The quantitative estimate of drug-likeness (QED) is 0.708. The number of hydrogen-bond donors (Lipinski definition) is 0. The lowest BCUT2D eigenvalue weighted by atomic mass is 10.1. The highest BCUT2D eigenvalue weighted by atomic mass is 16.5. The first-order valence-corrected chi connectivity index (χ1v) is 4.87. The third-order valence-electron chi connectivity index (χ3n) is 2.23. The SMILES string of the molecule is CC(C)c1cncc(OC2CC2)c1. The first-order valence-electron chi connectivity index (χ1n) is 4.87. The van der Waals surface area contributed by atoms with E-state index in [1.54, 1.807) is 6.20 Å². The lowest BCUT2D eigenvalue weighted by Crippen LogP contribution is -1.98. The molecule has 1 aliphatic rings. The monoisotopic (exact) mass is 177 g/mol. The molecular formula is C11H15NO. The molecule has 0 N–H and O–H groups in total. The van der Waals surface area contributed by atoms with Gasteiger partial charge in [0.05, 0.1) is 12.3 Å². The second-order valence-corrected chi connectivity index (χ2v) is 3.93. The van der Waals surface area contributed by atoms with Crippen molar-refractivity contribution in [1.82, 2.24) is 4.98 Å². The molecule has 70 valence electrons. The Morgan fingerprint density at radius 2 is 2.15 bits per heavy atom. The predicted octanol–water partition coefficient (Wildman–Crippen LogP) is 2.75. The van der Waals surface area contributed by atoms with Gasteiger partial charge >= 0.3 is 0 Å². The molecule has 1 fully saturated rings. The zero-order valence-corrected chi connectivity index (χ0v) is 8.16. The van der Waals surface area contributed by atoms with Gasteiger partial charge in [0.15, 0.2) is 0 Å². The zero-order valence-electron chi connectivity index (χ0n) is 8.16. The summed E-state index contributed by atoms with van der Waals surface area (Å²) >= 11 is 0. The van der Waals surface area contributed by atoms with Crippen LogP contribution in [0.2, 0.25) is 0 Å². The highest BCUT2D eigenvalue weighted by Crippen LogP contribution is 2.27. The largest absolute Gasteiger partial charge is 0.489 e. The molecule has 0 spiro atoms. The van der Waals surface area contributed by atoms with Crippen LogP contribution in [0.3, 0.4) is 0 Å². The van der Waals surface area contributed by atoms with E-state index < -0.39 is 0 Å². The van der Waals surface area contributed by atoms with Crippen molar-refractivity contribution < 1.29 is 4.74 Å². The van der Waals surface area contributed by atoms with Crippen LogP contribution in [-0.2, 0) is 0 Å². The molecule has 0 aromatic carbocycles. The van der Waals surface area contributed by atoms with Crippen LogP contribution >= 0.6 is 0 Å². The third-order valence-corrected chi connectivity index (χ3v) is 2.23. The van der Waals surface area contributed by atoms with Gasteiger partial charge in [-0.15, -0.1) is 0 Å². The summed E-state index contributed by atoms with van der Waals surface area (Å²) in [6, 6.07) is 2.09. The topological polar surface area (TPSA) is 22.1 Å². The molecule has 0 aliphatic heterocycles. The van der Waals surface area contributed by atoms with Crippen LogP contribution in [0.5, 0.6) is 5.75 Å². The molecule has 1 aliphatic carbocycles. The number of rotatable bonds is 3. The van der Waals surface area contributed by atoms with Gasteiger partial charge in [0.1, 0.15) is 5.75 Å². The van der Waals surface area contributed by atoms with Crippen molar-refractivity contribution in [2.75, 3.05) is 0 Å². The average Bonchev–Trinajstić information content (AvgIpc) is 2.89. The maximum absolute atomic E-state index is 5.65. The second-order valence-electron chi connectivity index (χ2n) is 3.93. The molecule has 1 saturated carbocycles. The maximum Gasteiger partial charge on any atom is 0.138 e. The van der Waals surface area contributed by atoms with Crippen molar-refractivity contribution in [2.45, 2.75) is 38.7 Å². The van der Waals surface area contributed by atoms with E-state index in [-0.39, 0.29) is 0 Å². The molecule has 0 saturated heterocycles. The van der Waals surface area contributed by atoms with Crippen LogP contribution in [-0.4, -0.2) is 11.1 Å². The normalized spacial score (nSPS) is 16.2. The fourth-order valence-corrected chi connectivity index (χ4v) is 1.19. The molecule has 0 atom stereocenters. The van der Waals surface area contributed by atoms with E-state index >= 15 is 0 Å². The van der Waals surface area contributed by atoms with Crippen molar-refractivity contribution in [3.8, 4) is 5.75 Å². The Morgan fingerprint density at radius 3 is 2.77 bits per heavy atom. The van der Waals surface area contributed by atoms with Crippen LogP contribution in [0.1, 0.15) is 38.2 Å². The maximum atomic E-state index is 5.65. The summed E-state index contributed by atoms with van der Waals surface area (Å²) in [4.78, 5) is 4.16. The highest BCUT2D eigenvalue weighted by Gasteiger charge is 2.23. The number of hydrogen-bond acceptors (Lipinski definition) is 2. The first kappa shape index (κ1) is 8.54. The van der Waals surface area contributed by atoms with Crippen molar-refractivity contribution in [3.63, 3.8) is 0 Å². The molecule has 2 rings (SSSR count). The van der Waals surface area contributed by atoms with Gasteiger partial charge in [-0.3, -0.25) is 4.98 Å². The second kappa shape index (κ2) is 3.36. The number of ether oxygens (including phenoxy) is 1. The summed E-state index contributed by atoms with van der Waals surface area (Å²) in [6.07, 6.45) is 6.57. The van der Waals surface area contributed by atoms with E-state index in [1.807, 2.05) is 6.20 Å². The van der Waals surface area contributed by atoms with Gasteiger partial charge in [-0.2, -0.15) is 0 Å². The smallest absolute Gasteiger partial charge is 0.138 e. The highest BCUT2D eigenvalue weighted by molar-refractivity contribution is 5.26. The zero-order chi connectivity index (χ0) is 9.26. The fraction of sp³-hybridized carbons (Fsp3) is 0.545. The Kier molecular flexibility index (Phi) is 2.21. The third kappa shape index (κ3) is 2.20. The Balaban J connectivity index is 2.11. The Labute approximate surface area is 78.9 Å². The van der Waals surface area contributed by atoms with Crippen LogP contribution in [0.15, 0.2) is 18.5 Å². The average molecular weight is 177 g/mol. The van der Waals surface area contributed by atoms with Gasteiger partial charge in [0, 0.05) is 6.20 Å². The van der Waals surface area contributed by atoms with E-state index in [0.29, 0.717) is 12.0 Å². The molecule has 0 amide bonds. The molecule has 1 aromatic heterocycles. The summed E-state index contributed by atoms with van der Waals surface area (Å²) in [5.41, 5.74) is 1.25. The number of aromatic nitrogens is 1. The minimum absolute atomic E-state index is 0.462. The predicted molar refractivity (Wildman–Crippen MR) is 52.0 cm³/mol. The number of pyridine rings is 1. The van der Waals surface area contributed by atoms with Crippen LogP contribution < -0.4 is 4.74 Å². The molecule has 0 bridgehead atoms. The van der Waals surface area contributed by atoms with Gasteiger partial charge in [0.25, 0.3) is 0 Å².